The largest absolute Gasteiger partial charge is 0.307 e. The number of hydrogen-bond acceptors (Lipinski definition) is 9. The highest BCUT2D eigenvalue weighted by Gasteiger charge is 2.69. The number of halogens is 3. The molecule has 0 N–H and O–H groups in total. The SMILES string of the molecule is C=CC(=O)N1CN(C(=O)C=C)C(C2(C3N(C(=O)CCl)CN(C(=O)CCl)CN3C(=O)CCl)N(C(=O)C=C)CN(C(C)=O)CN2C(=O)C=C)N(C(=O)C=C)C1. The molecular formula is C32H38Cl3N9O9. The lowest BCUT2D eigenvalue weighted by Crippen LogP contribution is -2.91. The molecule has 286 valence electrons. The summed E-state index contributed by atoms with van der Waals surface area (Å²) in [6, 6.07) is 0. The van der Waals surface area contributed by atoms with Gasteiger partial charge in [-0.05, 0) is 30.4 Å². The van der Waals surface area contributed by atoms with Gasteiger partial charge in [-0.25, -0.2) is 0 Å². The molecule has 0 unspecified atom stereocenters. The fraction of sp³-hybridized carbons (Fsp3) is 0.406. The minimum absolute atomic E-state index is 0.601. The molecule has 53 heavy (non-hydrogen) atoms. The number of carbonyl (C=O) groups excluding carboxylic acids is 9. The Labute approximate surface area is 320 Å². The predicted molar refractivity (Wildman–Crippen MR) is 190 cm³/mol. The molecule has 0 saturated carbocycles. The quantitative estimate of drug-likeness (QED) is 0.203. The van der Waals surface area contributed by atoms with Gasteiger partial charge in [-0.15, -0.1) is 34.8 Å². The standard InChI is InChI=1S/C32H38Cl3N9O9/c1-7-22(46)37-15-39(23(47)8-2)30(40(16-37)24(48)9-3)32(43(25(49)10-4)19-36(21(6)45)20-44(32)26(50)11-5)31-41(28(52)13-34)17-38(27(51)12-33)18-42(31)29(53)14-35/h7-11,30-31H,1-5,12-20H2,6H3. The number of alkyl halides is 3. The van der Waals surface area contributed by atoms with Gasteiger partial charge in [-0.2, -0.15) is 0 Å². The summed E-state index contributed by atoms with van der Waals surface area (Å²) in [6.07, 6.45) is 0.235. The van der Waals surface area contributed by atoms with Crippen LogP contribution in [0.3, 0.4) is 0 Å². The van der Waals surface area contributed by atoms with Crippen LogP contribution >= 0.6 is 34.8 Å². The van der Waals surface area contributed by atoms with Crippen molar-refractivity contribution in [1.82, 2.24) is 44.1 Å². The van der Waals surface area contributed by atoms with E-state index in [9.17, 15) is 43.2 Å². The lowest BCUT2D eigenvalue weighted by molar-refractivity contribution is -0.268. The molecule has 0 aromatic rings. The molecule has 3 aliphatic heterocycles. The van der Waals surface area contributed by atoms with Crippen LogP contribution in [0.1, 0.15) is 6.92 Å². The van der Waals surface area contributed by atoms with Gasteiger partial charge in [0.25, 0.3) is 0 Å². The van der Waals surface area contributed by atoms with E-state index in [1.54, 1.807) is 0 Å². The van der Waals surface area contributed by atoms with Gasteiger partial charge in [0.15, 0.2) is 12.3 Å². The molecule has 0 aromatic heterocycles. The van der Waals surface area contributed by atoms with Crippen molar-refractivity contribution in [1.29, 1.82) is 0 Å². The number of hydrogen-bond donors (Lipinski definition) is 0. The van der Waals surface area contributed by atoms with Crippen LogP contribution in [0.2, 0.25) is 0 Å². The van der Waals surface area contributed by atoms with Gasteiger partial charge in [0.05, 0.1) is 13.3 Å². The maximum absolute atomic E-state index is 14.4. The summed E-state index contributed by atoms with van der Waals surface area (Å²) >= 11 is 18.1. The van der Waals surface area contributed by atoms with Gasteiger partial charge in [0.1, 0.15) is 44.3 Å². The Bertz CT molecular complexity index is 1560. The third kappa shape index (κ3) is 7.65. The zero-order chi connectivity index (χ0) is 39.9. The fourth-order valence-corrected chi connectivity index (χ4v) is 6.94. The number of carbonyl (C=O) groups is 9. The van der Waals surface area contributed by atoms with Crippen molar-refractivity contribution < 1.29 is 43.2 Å². The summed E-state index contributed by atoms with van der Waals surface area (Å²) < 4.78 is 0. The van der Waals surface area contributed by atoms with E-state index in [1.165, 1.54) is 0 Å². The van der Waals surface area contributed by atoms with Crippen molar-refractivity contribution in [2.75, 3.05) is 57.7 Å². The summed E-state index contributed by atoms with van der Waals surface area (Å²) in [5.41, 5.74) is -2.68. The van der Waals surface area contributed by atoms with E-state index in [0.717, 1.165) is 81.4 Å². The lowest BCUT2D eigenvalue weighted by Gasteiger charge is -2.68. The zero-order valence-electron chi connectivity index (χ0n) is 28.8. The van der Waals surface area contributed by atoms with Crippen LogP contribution in [0, 0.1) is 0 Å². The smallest absolute Gasteiger partial charge is 0.249 e. The fourth-order valence-electron chi connectivity index (χ4n) is 6.46. The van der Waals surface area contributed by atoms with Crippen molar-refractivity contribution >= 4 is 88.0 Å². The normalized spacial score (nSPS) is 17.9. The van der Waals surface area contributed by atoms with Crippen LogP contribution in [-0.4, -0.2) is 173 Å². The minimum atomic E-state index is -2.68. The van der Waals surface area contributed by atoms with Crippen LogP contribution in [-0.2, 0) is 43.2 Å². The van der Waals surface area contributed by atoms with E-state index in [4.69, 9.17) is 34.8 Å². The first-order valence-corrected chi connectivity index (χ1v) is 17.2. The molecule has 18 nitrogen and oxygen atoms in total. The van der Waals surface area contributed by atoms with Gasteiger partial charge >= 0.3 is 0 Å². The van der Waals surface area contributed by atoms with Crippen LogP contribution in [0.5, 0.6) is 0 Å². The Kier molecular flexibility index (Phi) is 14.0. The second kappa shape index (κ2) is 17.5. The molecule has 3 heterocycles. The number of nitrogens with zero attached hydrogens (tertiary/aromatic N) is 9. The van der Waals surface area contributed by atoms with Gasteiger partial charge in [-0.1, -0.05) is 32.9 Å². The van der Waals surface area contributed by atoms with Crippen LogP contribution in [0.25, 0.3) is 0 Å². The van der Waals surface area contributed by atoms with Crippen LogP contribution in [0.4, 0.5) is 0 Å². The Morgan fingerprint density at radius 1 is 0.491 bits per heavy atom. The highest BCUT2D eigenvalue weighted by atomic mass is 35.5. The summed E-state index contributed by atoms with van der Waals surface area (Å²) in [4.78, 5) is 132. The predicted octanol–water partition coefficient (Wildman–Crippen LogP) is -0.756. The van der Waals surface area contributed by atoms with Crippen molar-refractivity contribution in [2.24, 2.45) is 0 Å². The van der Waals surface area contributed by atoms with Gasteiger partial charge in [0.2, 0.25) is 58.8 Å². The van der Waals surface area contributed by atoms with E-state index in [-0.39, 0.29) is 0 Å². The van der Waals surface area contributed by atoms with Crippen molar-refractivity contribution in [3.05, 3.63) is 63.3 Å². The Balaban J connectivity index is 2.75. The molecule has 3 saturated heterocycles. The molecule has 0 bridgehead atoms. The monoisotopic (exact) mass is 797 g/mol. The topological polar surface area (TPSA) is 183 Å². The molecule has 0 atom stereocenters. The Morgan fingerprint density at radius 2 is 0.830 bits per heavy atom. The molecule has 3 aliphatic rings. The maximum atomic E-state index is 14.4. The van der Waals surface area contributed by atoms with Gasteiger partial charge in [-0.3, -0.25) is 72.6 Å². The molecular weight excluding hydrogens is 761 g/mol. The second-order valence-electron chi connectivity index (χ2n) is 11.5. The summed E-state index contributed by atoms with van der Waals surface area (Å²) in [5.74, 6) is -10.3. The van der Waals surface area contributed by atoms with Crippen LogP contribution < -0.4 is 0 Å². The third-order valence-corrected chi connectivity index (χ3v) is 9.47. The average Bonchev–Trinajstić information content (AvgIpc) is 3.19. The summed E-state index contributed by atoms with van der Waals surface area (Å²) in [5, 5.41) is 0. The zero-order valence-corrected chi connectivity index (χ0v) is 31.0. The lowest BCUT2D eigenvalue weighted by atomic mass is 9.89. The van der Waals surface area contributed by atoms with Crippen molar-refractivity contribution in [2.45, 2.75) is 24.9 Å². The molecule has 21 heteroatoms. The molecule has 3 fully saturated rings. The molecule has 0 spiro atoms. The third-order valence-electron chi connectivity index (χ3n) is 8.79. The first-order valence-electron chi connectivity index (χ1n) is 15.5. The molecule has 0 aliphatic carbocycles. The highest BCUT2D eigenvalue weighted by Crippen LogP contribution is 2.44. The summed E-state index contributed by atoms with van der Waals surface area (Å²) in [7, 11) is 0. The van der Waals surface area contributed by atoms with E-state index < -0.39 is 129 Å². The minimum Gasteiger partial charge on any atom is -0.307 e. The molecule has 0 radical (unpaired) electrons. The summed E-state index contributed by atoms with van der Waals surface area (Å²) in [6.45, 7) is 14.9. The number of amides is 9. The second-order valence-corrected chi connectivity index (χ2v) is 12.3. The average molecular weight is 799 g/mol. The first kappa shape index (κ1) is 42.2. The Hall–Kier alpha value is -5.20. The van der Waals surface area contributed by atoms with Crippen LogP contribution in [0.15, 0.2) is 63.3 Å². The first-order chi connectivity index (χ1) is 25.1. The van der Waals surface area contributed by atoms with Gasteiger partial charge < -0.3 is 14.7 Å². The highest BCUT2D eigenvalue weighted by molar-refractivity contribution is 6.28. The van der Waals surface area contributed by atoms with E-state index in [2.05, 4.69) is 32.9 Å². The van der Waals surface area contributed by atoms with E-state index >= 15 is 0 Å². The van der Waals surface area contributed by atoms with Crippen molar-refractivity contribution in [3.63, 3.8) is 0 Å². The maximum Gasteiger partial charge on any atom is 0.249 e. The van der Waals surface area contributed by atoms with E-state index in [0.29, 0.717) is 0 Å². The van der Waals surface area contributed by atoms with E-state index in [1.807, 2.05) is 0 Å². The molecule has 9 amide bonds. The molecule has 3 rings (SSSR count). The van der Waals surface area contributed by atoms with Gasteiger partial charge in [0, 0.05) is 6.92 Å². The van der Waals surface area contributed by atoms with Crippen molar-refractivity contribution in [3.8, 4) is 0 Å². The Morgan fingerprint density at radius 3 is 1.15 bits per heavy atom. The number of rotatable bonds is 10. The molecule has 0 aromatic carbocycles.